The number of carbonyl (C=O) groups is 3. The van der Waals surface area contributed by atoms with E-state index < -0.39 is 0 Å². The van der Waals surface area contributed by atoms with E-state index in [2.05, 4.69) is 6.07 Å². The molecule has 1 saturated heterocycles. The summed E-state index contributed by atoms with van der Waals surface area (Å²) in [5.41, 5.74) is 4.10. The van der Waals surface area contributed by atoms with Gasteiger partial charge in [0.2, 0.25) is 5.91 Å². The summed E-state index contributed by atoms with van der Waals surface area (Å²) in [4.78, 5) is 38.3. The molecule has 0 aromatic heterocycles. The number of fused-ring (bicyclic) bond motifs is 1. The van der Waals surface area contributed by atoms with Gasteiger partial charge in [0, 0.05) is 12.1 Å². The summed E-state index contributed by atoms with van der Waals surface area (Å²) in [7, 11) is 0. The fraction of sp³-hybridized carbons (Fsp3) is 0.560. The van der Waals surface area contributed by atoms with Gasteiger partial charge in [-0.15, -0.1) is 0 Å². The van der Waals surface area contributed by atoms with Crippen molar-refractivity contribution in [2.24, 2.45) is 11.3 Å². The molecule has 6 nitrogen and oxygen atoms in total. The minimum Gasteiger partial charge on any atom is -0.457 e. The highest BCUT2D eigenvalue weighted by Crippen LogP contribution is 2.48. The molecule has 1 aromatic carbocycles. The Balaban J connectivity index is 1.12. The van der Waals surface area contributed by atoms with E-state index in [1.54, 1.807) is 6.92 Å². The molecule has 0 N–H and O–H groups in total. The predicted molar refractivity (Wildman–Crippen MR) is 113 cm³/mol. The van der Waals surface area contributed by atoms with Crippen molar-refractivity contribution in [3.8, 4) is 0 Å². The van der Waals surface area contributed by atoms with Crippen molar-refractivity contribution < 1.29 is 23.9 Å². The SMILES string of the molecule is CC1=C(N2CCC3(CCC(CCCc4ccc5c(c4)COC5=O)CC3)C2=O)COC1=O. The van der Waals surface area contributed by atoms with Crippen LogP contribution in [0.4, 0.5) is 0 Å². The summed E-state index contributed by atoms with van der Waals surface area (Å²) in [5.74, 6) is 0.365. The Morgan fingerprint density at radius 3 is 2.55 bits per heavy atom. The molecule has 0 radical (unpaired) electrons. The molecule has 164 valence electrons. The zero-order valence-electron chi connectivity index (χ0n) is 18.1. The molecule has 0 atom stereocenters. The maximum Gasteiger partial charge on any atom is 0.338 e. The maximum atomic E-state index is 13.2. The summed E-state index contributed by atoms with van der Waals surface area (Å²) in [6.07, 6.45) is 8.29. The number of benzene rings is 1. The van der Waals surface area contributed by atoms with Gasteiger partial charge in [0.05, 0.1) is 22.2 Å². The number of hydrogen-bond donors (Lipinski definition) is 0. The minimum atomic E-state index is -0.296. The molecule has 3 aliphatic heterocycles. The third-order valence-corrected chi connectivity index (χ3v) is 7.81. The number of ether oxygens (including phenoxy) is 2. The lowest BCUT2D eigenvalue weighted by atomic mass is 9.68. The molecule has 6 heteroatoms. The zero-order chi connectivity index (χ0) is 21.6. The van der Waals surface area contributed by atoms with E-state index >= 15 is 0 Å². The molecular weight excluding hydrogens is 394 g/mol. The van der Waals surface area contributed by atoms with Crippen LogP contribution in [0.15, 0.2) is 29.5 Å². The van der Waals surface area contributed by atoms with Gasteiger partial charge < -0.3 is 14.4 Å². The number of esters is 2. The fourth-order valence-corrected chi connectivity index (χ4v) is 5.75. The summed E-state index contributed by atoms with van der Waals surface area (Å²) >= 11 is 0. The van der Waals surface area contributed by atoms with Crippen molar-refractivity contribution in [1.82, 2.24) is 4.90 Å². The summed E-state index contributed by atoms with van der Waals surface area (Å²) in [6.45, 7) is 3.09. The van der Waals surface area contributed by atoms with Gasteiger partial charge in [-0.05, 0) is 69.4 Å². The highest BCUT2D eigenvalue weighted by Gasteiger charge is 2.50. The van der Waals surface area contributed by atoms with Crippen LogP contribution in [-0.2, 0) is 32.1 Å². The van der Waals surface area contributed by atoms with Crippen LogP contribution in [0, 0.1) is 11.3 Å². The van der Waals surface area contributed by atoms with Gasteiger partial charge in [-0.25, -0.2) is 9.59 Å². The third kappa shape index (κ3) is 3.56. The number of amides is 1. The smallest absolute Gasteiger partial charge is 0.338 e. The summed E-state index contributed by atoms with van der Waals surface area (Å²) < 4.78 is 10.2. The zero-order valence-corrected chi connectivity index (χ0v) is 18.1. The third-order valence-electron chi connectivity index (χ3n) is 7.81. The lowest BCUT2D eigenvalue weighted by Gasteiger charge is -2.36. The quantitative estimate of drug-likeness (QED) is 0.671. The van der Waals surface area contributed by atoms with Crippen LogP contribution >= 0.6 is 0 Å². The molecule has 1 aromatic rings. The highest BCUT2D eigenvalue weighted by molar-refractivity contribution is 5.94. The molecule has 1 amide bonds. The maximum absolute atomic E-state index is 13.2. The van der Waals surface area contributed by atoms with Crippen LogP contribution in [0.3, 0.4) is 0 Å². The molecule has 2 fully saturated rings. The molecule has 0 unspecified atom stereocenters. The first-order valence-electron chi connectivity index (χ1n) is 11.4. The second-order valence-corrected chi connectivity index (χ2v) is 9.54. The number of carbonyl (C=O) groups excluding carboxylic acids is 3. The number of aryl methyl sites for hydroxylation is 1. The normalized spacial score (nSPS) is 27.8. The topological polar surface area (TPSA) is 72.9 Å². The van der Waals surface area contributed by atoms with Crippen LogP contribution in [0.25, 0.3) is 0 Å². The molecule has 1 saturated carbocycles. The van der Waals surface area contributed by atoms with Crippen LogP contribution in [0.1, 0.15) is 73.4 Å². The first kappa shape index (κ1) is 20.3. The Labute approximate surface area is 182 Å². The second kappa shape index (κ2) is 7.81. The van der Waals surface area contributed by atoms with E-state index in [9.17, 15) is 14.4 Å². The largest absolute Gasteiger partial charge is 0.457 e. The number of cyclic esters (lactones) is 2. The standard InChI is InChI=1S/C25H29NO5/c1-16-21(15-31-22(16)27)26-12-11-25(24(26)29)9-7-17(8-10-25)3-2-4-18-5-6-20-19(13-18)14-30-23(20)28/h5-6,13,17H,2-4,7-12,14-15H2,1H3. The molecule has 1 aliphatic carbocycles. The summed E-state index contributed by atoms with van der Waals surface area (Å²) in [6, 6.07) is 6.04. The number of hydrogen-bond acceptors (Lipinski definition) is 5. The average molecular weight is 424 g/mol. The van der Waals surface area contributed by atoms with Crippen molar-refractivity contribution in [3.63, 3.8) is 0 Å². The predicted octanol–water partition coefficient (Wildman–Crippen LogP) is 3.92. The van der Waals surface area contributed by atoms with Crippen molar-refractivity contribution in [2.45, 2.75) is 64.9 Å². The second-order valence-electron chi connectivity index (χ2n) is 9.54. The van der Waals surface area contributed by atoms with Gasteiger partial charge in [0.1, 0.15) is 13.2 Å². The van der Waals surface area contributed by atoms with Crippen molar-refractivity contribution in [1.29, 1.82) is 0 Å². The first-order valence-corrected chi connectivity index (χ1v) is 11.4. The van der Waals surface area contributed by atoms with Crippen LogP contribution < -0.4 is 0 Å². The van der Waals surface area contributed by atoms with Gasteiger partial charge in [-0.1, -0.05) is 18.6 Å². The monoisotopic (exact) mass is 423 g/mol. The molecule has 1 spiro atoms. The van der Waals surface area contributed by atoms with E-state index in [0.29, 0.717) is 30.2 Å². The fourth-order valence-electron chi connectivity index (χ4n) is 5.75. The molecule has 31 heavy (non-hydrogen) atoms. The molecule has 0 bridgehead atoms. The van der Waals surface area contributed by atoms with Gasteiger partial charge in [-0.3, -0.25) is 4.79 Å². The van der Waals surface area contributed by atoms with Crippen molar-refractivity contribution >= 4 is 17.8 Å². The Hall–Kier alpha value is -2.63. The minimum absolute atomic E-state index is 0.202. The van der Waals surface area contributed by atoms with Crippen molar-refractivity contribution in [3.05, 3.63) is 46.2 Å². The van der Waals surface area contributed by atoms with E-state index in [4.69, 9.17) is 9.47 Å². The van der Waals surface area contributed by atoms with E-state index in [0.717, 1.165) is 56.2 Å². The van der Waals surface area contributed by atoms with E-state index in [1.165, 1.54) is 12.0 Å². The van der Waals surface area contributed by atoms with Gasteiger partial charge >= 0.3 is 11.9 Å². The Morgan fingerprint density at radius 2 is 1.81 bits per heavy atom. The number of nitrogens with zero attached hydrogens (tertiary/aromatic N) is 1. The Bertz CT molecular complexity index is 970. The van der Waals surface area contributed by atoms with E-state index in [1.807, 2.05) is 17.0 Å². The number of rotatable bonds is 5. The van der Waals surface area contributed by atoms with Crippen molar-refractivity contribution in [2.75, 3.05) is 13.2 Å². The summed E-state index contributed by atoms with van der Waals surface area (Å²) in [5, 5.41) is 0. The van der Waals surface area contributed by atoms with Gasteiger partial charge in [0.25, 0.3) is 0 Å². The highest BCUT2D eigenvalue weighted by atomic mass is 16.5. The van der Waals surface area contributed by atoms with Gasteiger partial charge in [-0.2, -0.15) is 0 Å². The molecule has 3 heterocycles. The average Bonchev–Trinajstić information content (AvgIpc) is 3.41. The first-order chi connectivity index (χ1) is 15.0. The van der Waals surface area contributed by atoms with Crippen LogP contribution in [0.5, 0.6) is 0 Å². The molecule has 5 rings (SSSR count). The van der Waals surface area contributed by atoms with Gasteiger partial charge in [0.15, 0.2) is 0 Å². The van der Waals surface area contributed by atoms with Crippen LogP contribution in [-0.4, -0.2) is 35.9 Å². The molecular formula is C25H29NO5. The van der Waals surface area contributed by atoms with Crippen LogP contribution in [0.2, 0.25) is 0 Å². The van der Waals surface area contributed by atoms with E-state index in [-0.39, 0.29) is 29.9 Å². The Morgan fingerprint density at radius 1 is 1.03 bits per heavy atom. The molecule has 4 aliphatic rings. The Kier molecular flexibility index (Phi) is 5.11. The number of likely N-dealkylation sites (tertiary alicyclic amines) is 1. The lowest BCUT2D eigenvalue weighted by molar-refractivity contribution is -0.138. The lowest BCUT2D eigenvalue weighted by Crippen LogP contribution is -2.37.